The van der Waals surface area contributed by atoms with Crippen molar-refractivity contribution in [2.24, 2.45) is 0 Å². The average molecular weight is 402 g/mol. The number of amides is 1. The van der Waals surface area contributed by atoms with E-state index in [1.54, 1.807) is 28.6 Å². The third-order valence-corrected chi connectivity index (χ3v) is 6.88. The molecule has 0 aliphatic carbocycles. The van der Waals surface area contributed by atoms with Gasteiger partial charge < -0.3 is 10.6 Å². The van der Waals surface area contributed by atoms with E-state index in [4.69, 9.17) is 0 Å². The van der Waals surface area contributed by atoms with Crippen molar-refractivity contribution in [1.82, 2.24) is 4.31 Å². The van der Waals surface area contributed by atoms with E-state index in [1.807, 2.05) is 32.0 Å². The zero-order chi connectivity index (χ0) is 20.1. The van der Waals surface area contributed by atoms with Crippen molar-refractivity contribution in [3.63, 3.8) is 0 Å². The number of nitrogens with zero attached hydrogens (tertiary/aromatic N) is 1. The summed E-state index contributed by atoms with van der Waals surface area (Å²) < 4.78 is 27.2. The highest BCUT2D eigenvalue weighted by molar-refractivity contribution is 7.89. The standard InChI is InChI=1S/C21H27N3O3S/c1-16-8-6-9-17(2)21(16)23-20(25)15-22-18-10-7-11-19(14-18)28(26,27)24-12-4-3-5-13-24/h6-11,14,22H,3-5,12-13,15H2,1-2H3,(H,23,25). The lowest BCUT2D eigenvalue weighted by Gasteiger charge is -2.26. The highest BCUT2D eigenvalue weighted by atomic mass is 32.2. The molecule has 2 N–H and O–H groups in total. The molecule has 0 atom stereocenters. The minimum atomic E-state index is -3.49. The Hall–Kier alpha value is -2.38. The van der Waals surface area contributed by atoms with Crippen LogP contribution in [0.15, 0.2) is 47.4 Å². The maximum Gasteiger partial charge on any atom is 0.243 e. The largest absolute Gasteiger partial charge is 0.376 e. The minimum absolute atomic E-state index is 0.0565. The molecule has 150 valence electrons. The molecule has 2 aromatic rings. The third kappa shape index (κ3) is 4.72. The van der Waals surface area contributed by atoms with Crippen molar-refractivity contribution in [1.29, 1.82) is 0 Å². The maximum atomic E-state index is 12.8. The van der Waals surface area contributed by atoms with Crippen molar-refractivity contribution < 1.29 is 13.2 Å². The first-order valence-electron chi connectivity index (χ1n) is 9.58. The van der Waals surface area contributed by atoms with Gasteiger partial charge in [-0.2, -0.15) is 4.31 Å². The normalized spacial score (nSPS) is 15.2. The van der Waals surface area contributed by atoms with Crippen molar-refractivity contribution in [2.45, 2.75) is 38.0 Å². The molecule has 0 aromatic heterocycles. The number of carbonyl (C=O) groups excluding carboxylic acids is 1. The van der Waals surface area contributed by atoms with Crippen LogP contribution in [-0.4, -0.2) is 38.3 Å². The Kier molecular flexibility index (Phi) is 6.36. The van der Waals surface area contributed by atoms with E-state index in [1.165, 1.54) is 0 Å². The maximum absolute atomic E-state index is 12.8. The fourth-order valence-corrected chi connectivity index (χ4v) is 4.96. The van der Waals surface area contributed by atoms with E-state index < -0.39 is 10.0 Å². The summed E-state index contributed by atoms with van der Waals surface area (Å²) in [7, 11) is -3.49. The van der Waals surface area contributed by atoms with Crippen molar-refractivity contribution in [3.8, 4) is 0 Å². The van der Waals surface area contributed by atoms with Gasteiger partial charge in [-0.1, -0.05) is 30.7 Å². The highest BCUT2D eigenvalue weighted by Crippen LogP contribution is 2.23. The van der Waals surface area contributed by atoms with Crippen LogP contribution >= 0.6 is 0 Å². The summed E-state index contributed by atoms with van der Waals surface area (Å²) in [5.41, 5.74) is 3.43. The van der Waals surface area contributed by atoms with E-state index in [0.717, 1.165) is 36.1 Å². The Morgan fingerprint density at radius 2 is 1.64 bits per heavy atom. The van der Waals surface area contributed by atoms with Gasteiger partial charge in [-0.05, 0) is 56.0 Å². The van der Waals surface area contributed by atoms with E-state index >= 15 is 0 Å². The molecule has 1 fully saturated rings. The van der Waals surface area contributed by atoms with Gasteiger partial charge in [0.15, 0.2) is 0 Å². The summed E-state index contributed by atoms with van der Waals surface area (Å²) in [4.78, 5) is 12.6. The summed E-state index contributed by atoms with van der Waals surface area (Å²) in [6, 6.07) is 12.5. The Bertz CT molecular complexity index is 931. The number of hydrogen-bond donors (Lipinski definition) is 2. The van der Waals surface area contributed by atoms with Crippen LogP contribution in [0, 0.1) is 13.8 Å². The van der Waals surface area contributed by atoms with Crippen molar-refractivity contribution in [2.75, 3.05) is 30.3 Å². The van der Waals surface area contributed by atoms with E-state index in [-0.39, 0.29) is 17.3 Å². The molecule has 28 heavy (non-hydrogen) atoms. The highest BCUT2D eigenvalue weighted by Gasteiger charge is 2.26. The fraction of sp³-hybridized carbons (Fsp3) is 0.381. The lowest BCUT2D eigenvalue weighted by molar-refractivity contribution is -0.114. The van der Waals surface area contributed by atoms with Gasteiger partial charge in [-0.3, -0.25) is 4.79 Å². The first-order valence-corrected chi connectivity index (χ1v) is 11.0. The Morgan fingerprint density at radius 3 is 2.32 bits per heavy atom. The van der Waals surface area contributed by atoms with E-state index in [2.05, 4.69) is 10.6 Å². The van der Waals surface area contributed by atoms with Crippen LogP contribution in [0.1, 0.15) is 30.4 Å². The van der Waals surface area contributed by atoms with Gasteiger partial charge in [0.1, 0.15) is 0 Å². The van der Waals surface area contributed by atoms with Gasteiger partial charge in [-0.25, -0.2) is 8.42 Å². The number of aryl methyl sites for hydroxylation is 2. The topological polar surface area (TPSA) is 78.5 Å². The van der Waals surface area contributed by atoms with Crippen molar-refractivity contribution >= 4 is 27.3 Å². The van der Waals surface area contributed by atoms with Gasteiger partial charge in [-0.15, -0.1) is 0 Å². The summed E-state index contributed by atoms with van der Waals surface area (Å²) in [5.74, 6) is -0.179. The minimum Gasteiger partial charge on any atom is -0.376 e. The Labute approximate surface area is 167 Å². The lowest BCUT2D eigenvalue weighted by Crippen LogP contribution is -2.35. The molecule has 1 amide bonds. The van der Waals surface area contributed by atoms with Crippen LogP contribution in [0.25, 0.3) is 0 Å². The Morgan fingerprint density at radius 1 is 1.00 bits per heavy atom. The summed E-state index contributed by atoms with van der Waals surface area (Å²) in [6.07, 6.45) is 2.87. The monoisotopic (exact) mass is 401 g/mol. The van der Waals surface area contributed by atoms with Crippen molar-refractivity contribution in [3.05, 3.63) is 53.6 Å². The van der Waals surface area contributed by atoms with Crippen LogP contribution in [-0.2, 0) is 14.8 Å². The smallest absolute Gasteiger partial charge is 0.243 e. The summed E-state index contributed by atoms with van der Waals surface area (Å²) >= 11 is 0. The number of hydrogen-bond acceptors (Lipinski definition) is 4. The first-order chi connectivity index (χ1) is 13.4. The van der Waals surface area contributed by atoms with Crippen LogP contribution in [0.3, 0.4) is 0 Å². The molecule has 6 nitrogen and oxygen atoms in total. The lowest BCUT2D eigenvalue weighted by atomic mass is 10.1. The molecule has 0 saturated carbocycles. The molecule has 0 spiro atoms. The number of para-hydroxylation sites is 1. The van der Waals surface area contributed by atoms with Gasteiger partial charge >= 0.3 is 0 Å². The molecule has 1 aliphatic heterocycles. The van der Waals surface area contributed by atoms with Gasteiger partial charge in [0, 0.05) is 24.5 Å². The number of nitrogens with one attached hydrogen (secondary N) is 2. The van der Waals surface area contributed by atoms with Crippen LogP contribution in [0.2, 0.25) is 0 Å². The Balaban J connectivity index is 1.65. The third-order valence-electron chi connectivity index (χ3n) is 4.99. The number of anilines is 2. The first kappa shape index (κ1) is 20.4. The molecule has 1 heterocycles. The van der Waals surface area contributed by atoms with E-state index in [9.17, 15) is 13.2 Å². The number of carbonyl (C=O) groups is 1. The zero-order valence-electron chi connectivity index (χ0n) is 16.4. The fourth-order valence-electron chi connectivity index (χ4n) is 3.40. The number of rotatable bonds is 6. The number of sulfonamides is 1. The average Bonchev–Trinajstić information content (AvgIpc) is 2.70. The summed E-state index contributed by atoms with van der Waals surface area (Å²) in [6.45, 7) is 5.09. The molecule has 0 radical (unpaired) electrons. The van der Waals surface area contributed by atoms with Gasteiger partial charge in [0.05, 0.1) is 11.4 Å². The predicted molar refractivity (Wildman–Crippen MR) is 112 cm³/mol. The molecular weight excluding hydrogens is 374 g/mol. The molecule has 7 heteroatoms. The number of piperidine rings is 1. The molecular formula is C21H27N3O3S. The van der Waals surface area contributed by atoms with Gasteiger partial charge in [0.2, 0.25) is 15.9 Å². The molecule has 3 rings (SSSR count). The quantitative estimate of drug-likeness (QED) is 0.776. The molecule has 0 bridgehead atoms. The predicted octanol–water partition coefficient (Wildman–Crippen LogP) is 3.53. The molecule has 1 saturated heterocycles. The summed E-state index contributed by atoms with van der Waals surface area (Å²) in [5, 5.41) is 5.94. The molecule has 1 aliphatic rings. The molecule has 2 aromatic carbocycles. The number of benzene rings is 2. The second kappa shape index (κ2) is 8.75. The van der Waals surface area contributed by atoms with Gasteiger partial charge in [0.25, 0.3) is 0 Å². The second-order valence-electron chi connectivity index (χ2n) is 7.16. The molecule has 0 unspecified atom stereocenters. The van der Waals surface area contributed by atoms with E-state index in [0.29, 0.717) is 18.8 Å². The van der Waals surface area contributed by atoms with Crippen LogP contribution in [0.4, 0.5) is 11.4 Å². The van der Waals surface area contributed by atoms with Crippen LogP contribution < -0.4 is 10.6 Å². The second-order valence-corrected chi connectivity index (χ2v) is 9.10. The zero-order valence-corrected chi connectivity index (χ0v) is 17.2. The van der Waals surface area contributed by atoms with Crippen LogP contribution in [0.5, 0.6) is 0 Å². The SMILES string of the molecule is Cc1cccc(C)c1NC(=O)CNc1cccc(S(=O)(=O)N2CCCCC2)c1.